The Bertz CT molecular complexity index is 425. The van der Waals surface area contributed by atoms with Crippen molar-refractivity contribution in [2.45, 2.75) is 38.6 Å². The van der Waals surface area contributed by atoms with Crippen molar-refractivity contribution in [2.75, 3.05) is 19.8 Å². The first kappa shape index (κ1) is 11.8. The monoisotopic (exact) mass is 247 g/mol. The van der Waals surface area contributed by atoms with Gasteiger partial charge in [-0.2, -0.15) is 0 Å². The van der Waals surface area contributed by atoms with E-state index in [1.165, 1.54) is 30.4 Å². The van der Waals surface area contributed by atoms with Gasteiger partial charge in [0.1, 0.15) is 0 Å². The number of piperidine rings is 1. The second-order valence-corrected chi connectivity index (χ2v) is 5.22. The molecule has 1 atom stereocenters. The predicted octanol–water partition coefficient (Wildman–Crippen LogP) is 2.97. The number of aryl methyl sites for hydroxylation is 1. The highest BCUT2D eigenvalue weighted by Gasteiger charge is 2.20. The zero-order valence-corrected chi connectivity index (χ0v) is 11.0. The van der Waals surface area contributed by atoms with Crippen LogP contribution in [-0.4, -0.2) is 19.8 Å². The van der Waals surface area contributed by atoms with Gasteiger partial charge in [-0.05, 0) is 43.5 Å². The van der Waals surface area contributed by atoms with E-state index in [1.54, 1.807) is 0 Å². The van der Waals surface area contributed by atoms with Gasteiger partial charge in [0, 0.05) is 12.5 Å². The van der Waals surface area contributed by atoms with Gasteiger partial charge in [0.2, 0.25) is 0 Å². The molecule has 98 valence electrons. The number of benzene rings is 1. The topological polar surface area (TPSA) is 30.5 Å². The highest BCUT2D eigenvalue weighted by molar-refractivity contribution is 5.50. The van der Waals surface area contributed by atoms with Gasteiger partial charge in [0.15, 0.2) is 11.5 Å². The van der Waals surface area contributed by atoms with Crippen LogP contribution in [-0.2, 0) is 0 Å². The molecule has 2 aliphatic rings. The molecule has 3 rings (SSSR count). The van der Waals surface area contributed by atoms with E-state index in [0.29, 0.717) is 6.04 Å². The van der Waals surface area contributed by atoms with Crippen LogP contribution in [0.1, 0.15) is 42.9 Å². The fourth-order valence-corrected chi connectivity index (χ4v) is 2.81. The smallest absolute Gasteiger partial charge is 0.164 e. The summed E-state index contributed by atoms with van der Waals surface area (Å²) < 4.78 is 11.6. The number of ether oxygens (including phenoxy) is 2. The number of hydrogen-bond donors (Lipinski definition) is 1. The lowest BCUT2D eigenvalue weighted by Gasteiger charge is -2.25. The first-order chi connectivity index (χ1) is 8.84. The summed E-state index contributed by atoms with van der Waals surface area (Å²) in [7, 11) is 0. The highest BCUT2D eigenvalue weighted by atomic mass is 16.5. The molecule has 0 aliphatic carbocycles. The lowest BCUT2D eigenvalue weighted by atomic mass is 9.96. The predicted molar refractivity (Wildman–Crippen MR) is 71.4 cm³/mol. The Morgan fingerprint density at radius 3 is 2.83 bits per heavy atom. The Morgan fingerprint density at radius 1 is 1.11 bits per heavy atom. The highest BCUT2D eigenvalue weighted by Crippen LogP contribution is 2.37. The van der Waals surface area contributed by atoms with Crippen LogP contribution in [0, 0.1) is 6.92 Å². The standard InChI is InChI=1S/C15H21NO2/c1-11-9-12(13-5-2-3-6-16-13)10-14-15(11)18-8-4-7-17-14/h9-10,13,16H,2-8H2,1H3. The molecule has 0 aromatic heterocycles. The van der Waals surface area contributed by atoms with Crippen LogP contribution in [0.3, 0.4) is 0 Å². The average Bonchev–Trinajstić information content (AvgIpc) is 2.65. The SMILES string of the molecule is Cc1cc(C2CCCCN2)cc2c1OCCCO2. The van der Waals surface area contributed by atoms with E-state index in [4.69, 9.17) is 9.47 Å². The van der Waals surface area contributed by atoms with Crippen molar-refractivity contribution in [3.63, 3.8) is 0 Å². The molecule has 1 N–H and O–H groups in total. The van der Waals surface area contributed by atoms with Crippen molar-refractivity contribution in [2.24, 2.45) is 0 Å². The fraction of sp³-hybridized carbons (Fsp3) is 0.600. The van der Waals surface area contributed by atoms with Crippen molar-refractivity contribution in [1.29, 1.82) is 0 Å². The third kappa shape index (κ3) is 2.32. The lowest BCUT2D eigenvalue weighted by Crippen LogP contribution is -2.26. The molecular weight excluding hydrogens is 226 g/mol. The van der Waals surface area contributed by atoms with Crippen molar-refractivity contribution in [1.82, 2.24) is 5.32 Å². The third-order valence-corrected chi connectivity index (χ3v) is 3.77. The molecule has 3 nitrogen and oxygen atoms in total. The largest absolute Gasteiger partial charge is 0.490 e. The van der Waals surface area contributed by atoms with Crippen molar-refractivity contribution >= 4 is 0 Å². The van der Waals surface area contributed by atoms with Gasteiger partial charge in [0.25, 0.3) is 0 Å². The molecule has 1 fully saturated rings. The Morgan fingerprint density at radius 2 is 2.00 bits per heavy atom. The molecule has 3 heteroatoms. The molecule has 1 aromatic carbocycles. The van der Waals surface area contributed by atoms with Gasteiger partial charge in [0.05, 0.1) is 13.2 Å². The minimum atomic E-state index is 0.481. The van der Waals surface area contributed by atoms with Gasteiger partial charge in [-0.3, -0.25) is 0 Å². The Kier molecular flexibility index (Phi) is 3.41. The number of nitrogens with one attached hydrogen (secondary N) is 1. The zero-order chi connectivity index (χ0) is 12.4. The summed E-state index contributed by atoms with van der Waals surface area (Å²) in [6, 6.07) is 4.89. The summed E-state index contributed by atoms with van der Waals surface area (Å²) >= 11 is 0. The normalized spacial score (nSPS) is 23.5. The van der Waals surface area contributed by atoms with Crippen LogP contribution in [0.15, 0.2) is 12.1 Å². The number of fused-ring (bicyclic) bond motifs is 1. The van der Waals surface area contributed by atoms with Crippen molar-refractivity contribution < 1.29 is 9.47 Å². The van der Waals surface area contributed by atoms with E-state index in [-0.39, 0.29) is 0 Å². The third-order valence-electron chi connectivity index (χ3n) is 3.77. The van der Waals surface area contributed by atoms with E-state index in [2.05, 4.69) is 24.4 Å². The van der Waals surface area contributed by atoms with Crippen molar-refractivity contribution in [3.8, 4) is 11.5 Å². The molecule has 0 amide bonds. The van der Waals surface area contributed by atoms with Gasteiger partial charge in [-0.25, -0.2) is 0 Å². The maximum atomic E-state index is 5.81. The molecule has 2 aliphatic heterocycles. The molecule has 0 spiro atoms. The summed E-state index contributed by atoms with van der Waals surface area (Å²) in [5, 5.41) is 3.59. The molecular formula is C15H21NO2. The van der Waals surface area contributed by atoms with E-state index in [9.17, 15) is 0 Å². The lowest BCUT2D eigenvalue weighted by molar-refractivity contribution is 0.296. The minimum absolute atomic E-state index is 0.481. The van der Waals surface area contributed by atoms with Crippen LogP contribution in [0.5, 0.6) is 11.5 Å². The summed E-state index contributed by atoms with van der Waals surface area (Å²) in [5.41, 5.74) is 2.54. The molecule has 0 bridgehead atoms. The summed E-state index contributed by atoms with van der Waals surface area (Å²) in [6.07, 6.45) is 4.79. The summed E-state index contributed by atoms with van der Waals surface area (Å²) in [5.74, 6) is 1.86. The first-order valence-corrected chi connectivity index (χ1v) is 6.98. The zero-order valence-electron chi connectivity index (χ0n) is 11.0. The number of rotatable bonds is 1. The maximum absolute atomic E-state index is 5.81. The quantitative estimate of drug-likeness (QED) is 0.827. The van der Waals surface area contributed by atoms with E-state index < -0.39 is 0 Å². The van der Waals surface area contributed by atoms with Gasteiger partial charge in [-0.1, -0.05) is 12.5 Å². The van der Waals surface area contributed by atoms with Gasteiger partial charge >= 0.3 is 0 Å². The maximum Gasteiger partial charge on any atom is 0.164 e. The molecule has 18 heavy (non-hydrogen) atoms. The van der Waals surface area contributed by atoms with E-state index >= 15 is 0 Å². The number of hydrogen-bond acceptors (Lipinski definition) is 3. The van der Waals surface area contributed by atoms with Crippen LogP contribution < -0.4 is 14.8 Å². The van der Waals surface area contributed by atoms with Crippen LogP contribution in [0.4, 0.5) is 0 Å². The molecule has 1 unspecified atom stereocenters. The van der Waals surface area contributed by atoms with Crippen LogP contribution >= 0.6 is 0 Å². The fourth-order valence-electron chi connectivity index (χ4n) is 2.81. The Balaban J connectivity index is 1.91. The molecule has 1 aromatic rings. The second-order valence-electron chi connectivity index (χ2n) is 5.22. The van der Waals surface area contributed by atoms with Crippen LogP contribution in [0.2, 0.25) is 0 Å². The van der Waals surface area contributed by atoms with Crippen molar-refractivity contribution in [3.05, 3.63) is 23.3 Å². The average molecular weight is 247 g/mol. The molecule has 0 radical (unpaired) electrons. The first-order valence-electron chi connectivity index (χ1n) is 6.98. The van der Waals surface area contributed by atoms with Gasteiger partial charge < -0.3 is 14.8 Å². The Hall–Kier alpha value is -1.22. The molecule has 0 saturated carbocycles. The van der Waals surface area contributed by atoms with E-state index in [0.717, 1.165) is 37.7 Å². The summed E-state index contributed by atoms with van der Waals surface area (Å²) in [4.78, 5) is 0. The van der Waals surface area contributed by atoms with E-state index in [1.807, 2.05) is 0 Å². The van der Waals surface area contributed by atoms with Gasteiger partial charge in [-0.15, -0.1) is 0 Å². The molecule has 2 heterocycles. The summed E-state index contributed by atoms with van der Waals surface area (Å²) in [6.45, 7) is 4.75. The molecule has 1 saturated heterocycles. The van der Waals surface area contributed by atoms with Crippen LogP contribution in [0.25, 0.3) is 0 Å². The Labute approximate surface area is 108 Å². The minimum Gasteiger partial charge on any atom is -0.490 e. The second kappa shape index (κ2) is 5.19.